The van der Waals surface area contributed by atoms with Crippen LogP contribution in [-0.2, 0) is 9.53 Å². The second-order valence-electron chi connectivity index (χ2n) is 8.09. The second kappa shape index (κ2) is 9.19. The number of hydrogen-bond acceptors (Lipinski definition) is 6. The average Bonchev–Trinajstić information content (AvgIpc) is 3.17. The molecule has 174 valence electrons. The van der Waals surface area contributed by atoms with Gasteiger partial charge in [-0.25, -0.2) is 18.6 Å². The van der Waals surface area contributed by atoms with E-state index in [1.165, 1.54) is 0 Å². The molecule has 1 aromatic rings. The van der Waals surface area contributed by atoms with E-state index in [4.69, 9.17) is 14.6 Å². The van der Waals surface area contributed by atoms with Crippen molar-refractivity contribution in [1.29, 1.82) is 0 Å². The van der Waals surface area contributed by atoms with E-state index in [1.807, 2.05) is 4.90 Å². The first-order chi connectivity index (χ1) is 14.5. The van der Waals surface area contributed by atoms with Crippen LogP contribution in [0.1, 0.15) is 25.7 Å². The van der Waals surface area contributed by atoms with Gasteiger partial charge in [-0.05, 0) is 19.3 Å². The van der Waals surface area contributed by atoms with Crippen LogP contribution in [-0.4, -0.2) is 83.5 Å². The number of likely N-dealkylation sites (tertiary alicyclic amines) is 1. The van der Waals surface area contributed by atoms with Gasteiger partial charge in [0.15, 0.2) is 0 Å². The van der Waals surface area contributed by atoms with E-state index in [2.05, 4.69) is 14.9 Å². The molecule has 0 aromatic carbocycles. The van der Waals surface area contributed by atoms with Crippen LogP contribution < -0.4 is 4.90 Å². The summed E-state index contributed by atoms with van der Waals surface area (Å²) in [5.41, 5.74) is -0.971. The lowest BCUT2D eigenvalue weighted by atomic mass is 9.75. The Labute approximate surface area is 176 Å². The van der Waals surface area contributed by atoms with E-state index < -0.39 is 23.5 Å². The number of anilines is 1. The molecule has 7 nitrogen and oxygen atoms in total. The number of carbonyl (C=O) groups is 1. The summed E-state index contributed by atoms with van der Waals surface area (Å²) in [4.78, 5) is 21.5. The Balaban J connectivity index is 0.000000339. The Hall–Kier alpha value is -2.08. The van der Waals surface area contributed by atoms with Crippen molar-refractivity contribution in [2.75, 3.05) is 44.3 Å². The molecule has 31 heavy (non-hydrogen) atoms. The van der Waals surface area contributed by atoms with Crippen molar-refractivity contribution in [2.45, 2.75) is 43.8 Å². The fourth-order valence-electron chi connectivity index (χ4n) is 4.44. The lowest BCUT2D eigenvalue weighted by Gasteiger charge is -2.49. The summed E-state index contributed by atoms with van der Waals surface area (Å²) in [6.07, 6.45) is 2.18. The van der Waals surface area contributed by atoms with Crippen molar-refractivity contribution < 1.29 is 36.6 Å². The molecule has 0 bridgehead atoms. The molecule has 1 atom stereocenters. The van der Waals surface area contributed by atoms with Crippen LogP contribution in [0.3, 0.4) is 0 Å². The lowest BCUT2D eigenvalue weighted by molar-refractivity contribution is -0.192. The van der Waals surface area contributed by atoms with Crippen LogP contribution in [0, 0.1) is 5.41 Å². The molecule has 12 heteroatoms. The van der Waals surface area contributed by atoms with E-state index in [0.717, 1.165) is 26.1 Å². The van der Waals surface area contributed by atoms with Gasteiger partial charge in [0.25, 0.3) is 5.92 Å². The lowest BCUT2D eigenvalue weighted by Crippen LogP contribution is -2.59. The third-order valence-electron chi connectivity index (χ3n) is 6.17. The fraction of sp³-hybridized carbons (Fsp3) is 0.737. The number of aliphatic carboxylic acids is 1. The monoisotopic (exact) mass is 452 g/mol. The first-order valence-electron chi connectivity index (χ1n) is 10.0. The zero-order valence-corrected chi connectivity index (χ0v) is 16.8. The second-order valence-corrected chi connectivity index (χ2v) is 8.09. The van der Waals surface area contributed by atoms with Crippen LogP contribution in [0.2, 0.25) is 0 Å². The Bertz CT molecular complexity index is 746. The van der Waals surface area contributed by atoms with Gasteiger partial charge in [0, 0.05) is 64.2 Å². The van der Waals surface area contributed by atoms with Gasteiger partial charge >= 0.3 is 12.1 Å². The average molecular weight is 452 g/mol. The van der Waals surface area contributed by atoms with E-state index in [1.54, 1.807) is 18.6 Å². The molecule has 0 radical (unpaired) electrons. The molecule has 3 fully saturated rings. The number of carboxylic acid groups (broad SMARTS) is 1. The van der Waals surface area contributed by atoms with Gasteiger partial charge in [-0.1, -0.05) is 0 Å². The molecular formula is C19H25F5N4O3. The number of nitrogens with zero attached hydrogens (tertiary/aromatic N) is 4. The summed E-state index contributed by atoms with van der Waals surface area (Å²) in [6, 6.07) is 0.386. The van der Waals surface area contributed by atoms with Crippen molar-refractivity contribution in [3.63, 3.8) is 0 Å². The number of carboxylic acids is 1. The van der Waals surface area contributed by atoms with E-state index in [9.17, 15) is 22.0 Å². The van der Waals surface area contributed by atoms with Crippen LogP contribution in [0.15, 0.2) is 18.6 Å². The molecule has 4 rings (SSSR count). The molecule has 3 aliphatic heterocycles. The van der Waals surface area contributed by atoms with Crippen LogP contribution >= 0.6 is 0 Å². The Morgan fingerprint density at radius 3 is 2.39 bits per heavy atom. The van der Waals surface area contributed by atoms with Gasteiger partial charge in [0.05, 0.1) is 11.6 Å². The molecule has 0 saturated carbocycles. The minimum atomic E-state index is -5.08. The normalized spacial score (nSPS) is 27.1. The fourth-order valence-corrected chi connectivity index (χ4v) is 4.44. The number of halogens is 5. The van der Waals surface area contributed by atoms with E-state index >= 15 is 0 Å². The number of piperidine rings is 1. The minimum Gasteiger partial charge on any atom is -0.475 e. The smallest absolute Gasteiger partial charge is 0.475 e. The molecule has 3 aliphatic rings. The predicted molar refractivity (Wildman–Crippen MR) is 100.0 cm³/mol. The number of alkyl halides is 5. The van der Waals surface area contributed by atoms with Crippen molar-refractivity contribution in [2.24, 2.45) is 5.41 Å². The quantitative estimate of drug-likeness (QED) is 0.692. The zero-order chi connectivity index (χ0) is 22.7. The highest BCUT2D eigenvalue weighted by atomic mass is 19.4. The van der Waals surface area contributed by atoms with Crippen LogP contribution in [0.5, 0.6) is 0 Å². The SMILES string of the molecule is FC1(F)CCN(C2CCOCC2)CC12CCN(c1cnccn1)C2.O=C(O)C(F)(F)F. The number of rotatable bonds is 2. The largest absolute Gasteiger partial charge is 0.490 e. The maximum absolute atomic E-state index is 14.9. The molecule has 1 aromatic heterocycles. The van der Waals surface area contributed by atoms with Crippen molar-refractivity contribution >= 4 is 11.8 Å². The van der Waals surface area contributed by atoms with E-state index in [-0.39, 0.29) is 6.42 Å². The summed E-state index contributed by atoms with van der Waals surface area (Å²) in [7, 11) is 0. The van der Waals surface area contributed by atoms with Crippen molar-refractivity contribution in [3.05, 3.63) is 18.6 Å². The molecule has 1 unspecified atom stereocenters. The van der Waals surface area contributed by atoms with Gasteiger partial charge < -0.3 is 14.7 Å². The predicted octanol–water partition coefficient (Wildman–Crippen LogP) is 2.83. The summed E-state index contributed by atoms with van der Waals surface area (Å²) >= 11 is 0. The van der Waals surface area contributed by atoms with Crippen molar-refractivity contribution in [3.8, 4) is 0 Å². The van der Waals surface area contributed by atoms with Gasteiger partial charge in [0.1, 0.15) is 5.82 Å². The molecule has 0 aliphatic carbocycles. The zero-order valence-electron chi connectivity index (χ0n) is 16.8. The van der Waals surface area contributed by atoms with Gasteiger partial charge in [-0.3, -0.25) is 9.88 Å². The first kappa shape index (κ1) is 23.6. The summed E-state index contributed by atoms with van der Waals surface area (Å²) < 4.78 is 66.9. The number of aromatic nitrogens is 2. The topological polar surface area (TPSA) is 78.8 Å². The van der Waals surface area contributed by atoms with Crippen molar-refractivity contribution in [1.82, 2.24) is 14.9 Å². The molecule has 4 heterocycles. The Morgan fingerprint density at radius 2 is 1.81 bits per heavy atom. The van der Waals surface area contributed by atoms with Gasteiger partial charge in [-0.2, -0.15) is 13.2 Å². The van der Waals surface area contributed by atoms with Gasteiger partial charge in [-0.15, -0.1) is 0 Å². The molecule has 1 N–H and O–H groups in total. The highest BCUT2D eigenvalue weighted by molar-refractivity contribution is 5.73. The molecule has 3 saturated heterocycles. The Morgan fingerprint density at radius 1 is 1.13 bits per heavy atom. The minimum absolute atomic E-state index is 0.0430. The number of hydrogen-bond donors (Lipinski definition) is 1. The van der Waals surface area contributed by atoms with Crippen LogP contribution in [0.25, 0.3) is 0 Å². The van der Waals surface area contributed by atoms with Gasteiger partial charge in [0.2, 0.25) is 0 Å². The standard InChI is InChI=1S/C17H24F2N4O.C2HF3O2/c18-17(19)4-8-22(14-1-9-24-10-2-14)12-16(17)3-7-23(13-16)15-11-20-5-6-21-15;3-2(4,5)1(6)7/h5-6,11,14H,1-4,7-10,12-13H2;(H,6,7). The van der Waals surface area contributed by atoms with E-state index in [0.29, 0.717) is 44.5 Å². The third kappa shape index (κ3) is 5.40. The summed E-state index contributed by atoms with van der Waals surface area (Å²) in [6.45, 7) is 3.44. The molecule has 1 spiro atoms. The summed E-state index contributed by atoms with van der Waals surface area (Å²) in [5, 5.41) is 7.12. The first-order valence-corrected chi connectivity index (χ1v) is 10.0. The van der Waals surface area contributed by atoms with Crippen LogP contribution in [0.4, 0.5) is 27.8 Å². The Kier molecular flexibility index (Phi) is 6.99. The highest BCUT2D eigenvalue weighted by Crippen LogP contribution is 2.50. The maximum Gasteiger partial charge on any atom is 0.490 e. The third-order valence-corrected chi connectivity index (χ3v) is 6.17. The molecular weight excluding hydrogens is 427 g/mol. The maximum atomic E-state index is 14.9. The summed E-state index contributed by atoms with van der Waals surface area (Å²) in [5.74, 6) is -4.67. The number of ether oxygens (including phenoxy) is 1. The molecule has 0 amide bonds. The highest BCUT2D eigenvalue weighted by Gasteiger charge is 2.60.